The summed E-state index contributed by atoms with van der Waals surface area (Å²) < 4.78 is 26.9. The van der Waals surface area contributed by atoms with Gasteiger partial charge in [-0.25, -0.2) is 8.78 Å². The maximum Gasteiger partial charge on any atom is 0.242 e. The summed E-state index contributed by atoms with van der Waals surface area (Å²) in [6, 6.07) is 21.8. The second kappa shape index (κ2) is 7.94. The molecule has 0 aromatic heterocycles. The molecule has 25 heavy (non-hydrogen) atoms. The predicted molar refractivity (Wildman–Crippen MR) is 96.5 cm³/mol. The summed E-state index contributed by atoms with van der Waals surface area (Å²) in [5, 5.41) is 1.99. The summed E-state index contributed by atoms with van der Waals surface area (Å²) in [5.74, 6) is -1.86. The van der Waals surface area contributed by atoms with Crippen molar-refractivity contribution < 1.29 is 13.6 Å². The Morgan fingerprint density at radius 2 is 1.52 bits per heavy atom. The van der Waals surface area contributed by atoms with E-state index in [-0.39, 0.29) is 11.6 Å². The van der Waals surface area contributed by atoms with Gasteiger partial charge in [-0.15, -0.1) is 11.8 Å². The van der Waals surface area contributed by atoms with Crippen molar-refractivity contribution in [1.29, 1.82) is 0 Å². The van der Waals surface area contributed by atoms with Gasteiger partial charge in [0.2, 0.25) is 5.91 Å². The monoisotopic (exact) mass is 355 g/mol. The lowest BCUT2D eigenvalue weighted by Gasteiger charge is -2.17. The van der Waals surface area contributed by atoms with Crippen LogP contribution in [-0.2, 0) is 4.79 Å². The van der Waals surface area contributed by atoms with E-state index in [1.807, 2.05) is 60.7 Å². The van der Waals surface area contributed by atoms with Crippen LogP contribution in [0.15, 0.2) is 83.8 Å². The highest BCUT2D eigenvalue weighted by Gasteiger charge is 2.23. The average molecular weight is 355 g/mol. The molecule has 0 bridgehead atoms. The molecule has 0 unspecified atom stereocenters. The molecule has 0 saturated carbocycles. The number of rotatable bonds is 5. The SMILES string of the molecule is O=C(Nc1ccc(F)cc1F)[C@H](Sc1ccccc1)c1ccccc1. The number of nitrogens with one attached hydrogen (secondary N) is 1. The predicted octanol–water partition coefficient (Wildman–Crippen LogP) is 5.44. The van der Waals surface area contributed by atoms with Crippen molar-refractivity contribution in [2.45, 2.75) is 10.1 Å². The Labute approximate surface area is 148 Å². The summed E-state index contributed by atoms with van der Waals surface area (Å²) in [4.78, 5) is 13.7. The summed E-state index contributed by atoms with van der Waals surface area (Å²) in [6.45, 7) is 0. The second-order valence-electron chi connectivity index (χ2n) is 5.34. The summed E-state index contributed by atoms with van der Waals surface area (Å²) in [5.41, 5.74) is 0.761. The molecule has 1 amide bonds. The third kappa shape index (κ3) is 4.45. The van der Waals surface area contributed by atoms with E-state index in [9.17, 15) is 13.6 Å². The molecule has 3 aromatic carbocycles. The van der Waals surface area contributed by atoms with Crippen LogP contribution in [0.1, 0.15) is 10.8 Å². The molecule has 0 aliphatic heterocycles. The third-order valence-corrected chi connectivity index (χ3v) is 4.79. The molecule has 2 nitrogen and oxygen atoms in total. The van der Waals surface area contributed by atoms with Crippen LogP contribution in [0.5, 0.6) is 0 Å². The number of amides is 1. The molecule has 3 rings (SSSR count). The zero-order chi connectivity index (χ0) is 17.6. The Balaban J connectivity index is 1.87. The lowest BCUT2D eigenvalue weighted by Crippen LogP contribution is -2.19. The molecule has 0 fully saturated rings. The lowest BCUT2D eigenvalue weighted by atomic mass is 10.1. The fraction of sp³-hybridized carbons (Fsp3) is 0.0500. The first-order chi connectivity index (χ1) is 12.1. The fourth-order valence-corrected chi connectivity index (χ4v) is 3.37. The molecule has 0 radical (unpaired) electrons. The number of anilines is 1. The molecular weight excluding hydrogens is 340 g/mol. The number of benzene rings is 3. The molecule has 126 valence electrons. The number of thioether (sulfide) groups is 1. The Hall–Kier alpha value is -2.66. The van der Waals surface area contributed by atoms with E-state index in [0.29, 0.717) is 0 Å². The Bertz CT molecular complexity index is 856. The normalized spacial score (nSPS) is 11.8. The average Bonchev–Trinajstić information content (AvgIpc) is 2.63. The smallest absolute Gasteiger partial charge is 0.242 e. The highest BCUT2D eigenvalue weighted by Crippen LogP contribution is 2.36. The molecule has 0 aliphatic carbocycles. The van der Waals surface area contributed by atoms with Gasteiger partial charge in [-0.05, 0) is 29.8 Å². The topological polar surface area (TPSA) is 29.1 Å². The summed E-state index contributed by atoms with van der Waals surface area (Å²) >= 11 is 1.37. The molecule has 5 heteroatoms. The first-order valence-electron chi connectivity index (χ1n) is 7.66. The van der Waals surface area contributed by atoms with Crippen LogP contribution in [0, 0.1) is 11.6 Å². The van der Waals surface area contributed by atoms with Crippen molar-refractivity contribution in [3.63, 3.8) is 0 Å². The van der Waals surface area contributed by atoms with E-state index < -0.39 is 16.9 Å². The zero-order valence-electron chi connectivity index (χ0n) is 13.2. The van der Waals surface area contributed by atoms with Gasteiger partial charge < -0.3 is 5.32 Å². The van der Waals surface area contributed by atoms with Crippen molar-refractivity contribution in [3.05, 3.63) is 96.1 Å². The van der Waals surface area contributed by atoms with Gasteiger partial charge in [0.05, 0.1) is 5.69 Å². The van der Waals surface area contributed by atoms with Gasteiger partial charge in [0.1, 0.15) is 16.9 Å². The Morgan fingerprint density at radius 3 is 2.16 bits per heavy atom. The lowest BCUT2D eigenvalue weighted by molar-refractivity contribution is -0.115. The Kier molecular flexibility index (Phi) is 5.46. The maximum absolute atomic E-state index is 13.8. The van der Waals surface area contributed by atoms with Crippen LogP contribution in [0.4, 0.5) is 14.5 Å². The van der Waals surface area contributed by atoms with Gasteiger partial charge in [0.15, 0.2) is 0 Å². The third-order valence-electron chi connectivity index (χ3n) is 3.53. The minimum absolute atomic E-state index is 0.0407. The van der Waals surface area contributed by atoms with E-state index >= 15 is 0 Å². The molecule has 0 spiro atoms. The number of carbonyl (C=O) groups excluding carboxylic acids is 1. The van der Waals surface area contributed by atoms with Gasteiger partial charge >= 0.3 is 0 Å². The van der Waals surface area contributed by atoms with E-state index in [1.165, 1.54) is 17.8 Å². The van der Waals surface area contributed by atoms with Crippen molar-refractivity contribution in [2.75, 3.05) is 5.32 Å². The second-order valence-corrected chi connectivity index (χ2v) is 6.51. The van der Waals surface area contributed by atoms with Crippen LogP contribution in [0.3, 0.4) is 0 Å². The summed E-state index contributed by atoms with van der Waals surface area (Å²) in [6.07, 6.45) is 0. The van der Waals surface area contributed by atoms with Gasteiger partial charge in [0, 0.05) is 11.0 Å². The highest BCUT2D eigenvalue weighted by molar-refractivity contribution is 8.00. The van der Waals surface area contributed by atoms with E-state index in [2.05, 4.69) is 5.32 Å². The fourth-order valence-electron chi connectivity index (χ4n) is 2.33. The van der Waals surface area contributed by atoms with Crippen LogP contribution in [0.25, 0.3) is 0 Å². The van der Waals surface area contributed by atoms with Gasteiger partial charge in [0.25, 0.3) is 0 Å². The van der Waals surface area contributed by atoms with Crippen molar-refractivity contribution in [2.24, 2.45) is 0 Å². The van der Waals surface area contributed by atoms with Crippen molar-refractivity contribution >= 4 is 23.4 Å². The minimum Gasteiger partial charge on any atom is -0.322 e. The maximum atomic E-state index is 13.8. The molecule has 0 aliphatic rings. The van der Waals surface area contributed by atoms with E-state index in [4.69, 9.17) is 0 Å². The van der Waals surface area contributed by atoms with E-state index in [0.717, 1.165) is 22.6 Å². The number of carbonyl (C=O) groups is 1. The molecule has 1 N–H and O–H groups in total. The molecular formula is C20H15F2NOS. The molecule has 0 saturated heterocycles. The quantitative estimate of drug-likeness (QED) is 0.618. The summed E-state index contributed by atoms with van der Waals surface area (Å²) in [7, 11) is 0. The molecule has 0 heterocycles. The van der Waals surface area contributed by atoms with Crippen LogP contribution in [0.2, 0.25) is 0 Å². The molecule has 3 aromatic rings. The number of hydrogen-bond donors (Lipinski definition) is 1. The van der Waals surface area contributed by atoms with Crippen LogP contribution < -0.4 is 5.32 Å². The first kappa shape index (κ1) is 17.2. The largest absolute Gasteiger partial charge is 0.322 e. The number of hydrogen-bond acceptors (Lipinski definition) is 2. The van der Waals surface area contributed by atoms with Crippen molar-refractivity contribution in [1.82, 2.24) is 0 Å². The first-order valence-corrected chi connectivity index (χ1v) is 8.54. The standard InChI is InChI=1S/C20H15F2NOS/c21-15-11-12-18(17(22)13-15)23-20(24)19(14-7-3-1-4-8-14)25-16-9-5-2-6-10-16/h1-13,19H,(H,23,24)/t19-/m1/s1. The van der Waals surface area contributed by atoms with Crippen LogP contribution >= 0.6 is 11.8 Å². The minimum atomic E-state index is -0.801. The van der Waals surface area contributed by atoms with Gasteiger partial charge in [-0.3, -0.25) is 4.79 Å². The highest BCUT2D eigenvalue weighted by atomic mass is 32.2. The van der Waals surface area contributed by atoms with E-state index in [1.54, 1.807) is 0 Å². The van der Waals surface area contributed by atoms with Crippen LogP contribution in [-0.4, -0.2) is 5.91 Å². The van der Waals surface area contributed by atoms with Crippen molar-refractivity contribution in [3.8, 4) is 0 Å². The van der Waals surface area contributed by atoms with Gasteiger partial charge in [-0.2, -0.15) is 0 Å². The Morgan fingerprint density at radius 1 is 0.880 bits per heavy atom. The zero-order valence-corrected chi connectivity index (χ0v) is 14.0. The van der Waals surface area contributed by atoms with Gasteiger partial charge in [-0.1, -0.05) is 48.5 Å². The number of halogens is 2. The molecule has 1 atom stereocenters.